The third-order valence-electron chi connectivity index (χ3n) is 5.39. The van der Waals surface area contributed by atoms with E-state index in [1.165, 1.54) is 19.3 Å². The van der Waals surface area contributed by atoms with Crippen LogP contribution in [-0.4, -0.2) is 28.9 Å². The Morgan fingerprint density at radius 1 is 1.15 bits per heavy atom. The van der Waals surface area contributed by atoms with E-state index in [4.69, 9.17) is 4.74 Å². The molecule has 27 heavy (non-hydrogen) atoms. The Hall–Kier alpha value is -2.59. The zero-order valence-corrected chi connectivity index (χ0v) is 15.9. The van der Waals surface area contributed by atoms with Crippen LogP contribution in [0.3, 0.4) is 0 Å². The molecular formula is C23H25NO3. The summed E-state index contributed by atoms with van der Waals surface area (Å²) in [7, 11) is 0. The predicted molar refractivity (Wildman–Crippen MR) is 106 cm³/mol. The smallest absolute Gasteiger partial charge is 0.232 e. The van der Waals surface area contributed by atoms with Crippen molar-refractivity contribution >= 4 is 11.9 Å². The molecule has 2 aromatic rings. The first-order valence-electron chi connectivity index (χ1n) is 9.61. The molecule has 1 fully saturated rings. The van der Waals surface area contributed by atoms with E-state index < -0.39 is 0 Å². The number of aromatic hydroxyl groups is 1. The largest absolute Gasteiger partial charge is 0.507 e. The van der Waals surface area contributed by atoms with Crippen LogP contribution in [0.4, 0.5) is 0 Å². The molecule has 0 radical (unpaired) electrons. The van der Waals surface area contributed by atoms with E-state index >= 15 is 0 Å². The van der Waals surface area contributed by atoms with Gasteiger partial charge in [-0.25, -0.2) is 0 Å². The third-order valence-corrected chi connectivity index (χ3v) is 5.39. The number of hydrogen-bond acceptors (Lipinski definition) is 4. The maximum absolute atomic E-state index is 13.0. The van der Waals surface area contributed by atoms with Crippen LogP contribution in [0.25, 0.3) is 6.08 Å². The number of allylic oxidation sites excluding steroid dienone is 1. The monoisotopic (exact) mass is 363 g/mol. The molecule has 1 saturated heterocycles. The van der Waals surface area contributed by atoms with Crippen molar-refractivity contribution in [2.45, 2.75) is 39.7 Å². The lowest BCUT2D eigenvalue weighted by molar-refractivity contribution is 0.101. The van der Waals surface area contributed by atoms with Gasteiger partial charge < -0.3 is 9.84 Å². The van der Waals surface area contributed by atoms with E-state index in [1.807, 2.05) is 38.1 Å². The Balaban J connectivity index is 1.71. The normalized spacial score (nSPS) is 18.6. The number of ketones is 1. The summed E-state index contributed by atoms with van der Waals surface area (Å²) < 4.78 is 6.02. The van der Waals surface area contributed by atoms with Gasteiger partial charge in [-0.15, -0.1) is 0 Å². The highest BCUT2D eigenvalue weighted by Crippen LogP contribution is 2.42. The highest BCUT2D eigenvalue weighted by atomic mass is 16.5. The van der Waals surface area contributed by atoms with E-state index in [0.29, 0.717) is 23.6 Å². The molecule has 0 unspecified atom stereocenters. The van der Waals surface area contributed by atoms with Crippen LogP contribution >= 0.6 is 0 Å². The van der Waals surface area contributed by atoms with Gasteiger partial charge in [0.25, 0.3) is 0 Å². The van der Waals surface area contributed by atoms with Gasteiger partial charge in [0.05, 0.1) is 11.1 Å². The van der Waals surface area contributed by atoms with Crippen molar-refractivity contribution in [2.24, 2.45) is 0 Å². The first kappa shape index (κ1) is 17.8. The number of piperidine rings is 1. The number of likely N-dealkylation sites (tertiary alicyclic amines) is 1. The van der Waals surface area contributed by atoms with Crippen LogP contribution in [0, 0.1) is 13.8 Å². The summed E-state index contributed by atoms with van der Waals surface area (Å²) in [6, 6.07) is 9.65. The first-order valence-corrected chi connectivity index (χ1v) is 9.61. The lowest BCUT2D eigenvalue weighted by Crippen LogP contribution is -2.29. The molecule has 0 amide bonds. The van der Waals surface area contributed by atoms with Gasteiger partial charge in [-0.1, -0.05) is 36.2 Å². The number of nitrogens with zero attached hydrogens (tertiary/aromatic N) is 1. The van der Waals surface area contributed by atoms with Crippen molar-refractivity contribution in [3.05, 3.63) is 63.9 Å². The van der Waals surface area contributed by atoms with Crippen molar-refractivity contribution < 1.29 is 14.6 Å². The maximum atomic E-state index is 13.0. The second-order valence-electron chi connectivity index (χ2n) is 7.59. The highest BCUT2D eigenvalue weighted by molar-refractivity contribution is 6.15. The Morgan fingerprint density at radius 3 is 2.67 bits per heavy atom. The number of Topliss-reactive ketones (excluding diaryl/α,β-unsaturated/α-hetero) is 1. The van der Waals surface area contributed by atoms with E-state index in [-0.39, 0.29) is 11.5 Å². The molecule has 2 heterocycles. The predicted octanol–water partition coefficient (Wildman–Crippen LogP) is 4.61. The second-order valence-corrected chi connectivity index (χ2v) is 7.59. The summed E-state index contributed by atoms with van der Waals surface area (Å²) in [6.07, 6.45) is 5.39. The average molecular weight is 363 g/mol. The Morgan fingerprint density at radius 2 is 1.93 bits per heavy atom. The zero-order valence-electron chi connectivity index (χ0n) is 15.9. The minimum atomic E-state index is -0.107. The Labute approximate surface area is 160 Å². The molecule has 0 aromatic heterocycles. The molecule has 1 N–H and O–H groups in total. The molecule has 0 spiro atoms. The molecular weight excluding hydrogens is 338 g/mol. The fraction of sp³-hybridized carbons (Fsp3) is 0.348. The number of phenols is 1. The number of phenolic OH excluding ortho intramolecular Hbond substituents is 1. The number of carbonyl (C=O) groups is 1. The molecule has 0 bridgehead atoms. The van der Waals surface area contributed by atoms with Gasteiger partial charge in [0.1, 0.15) is 11.5 Å². The summed E-state index contributed by atoms with van der Waals surface area (Å²) in [5.41, 5.74) is 4.12. The number of rotatable bonds is 3. The topological polar surface area (TPSA) is 49.8 Å². The molecule has 140 valence electrons. The van der Waals surface area contributed by atoms with Gasteiger partial charge in [-0.2, -0.15) is 0 Å². The minimum absolute atomic E-state index is 0.107. The van der Waals surface area contributed by atoms with Crippen LogP contribution in [0.5, 0.6) is 11.5 Å². The lowest BCUT2D eigenvalue weighted by Gasteiger charge is -2.27. The van der Waals surface area contributed by atoms with Crippen molar-refractivity contribution in [3.63, 3.8) is 0 Å². The van der Waals surface area contributed by atoms with Crippen molar-refractivity contribution in [3.8, 4) is 11.5 Å². The summed E-state index contributed by atoms with van der Waals surface area (Å²) >= 11 is 0. The number of benzene rings is 2. The maximum Gasteiger partial charge on any atom is 0.232 e. The third kappa shape index (κ3) is 3.50. The molecule has 4 rings (SSSR count). The fourth-order valence-corrected chi connectivity index (χ4v) is 3.99. The number of ether oxygens (including phenoxy) is 1. The SMILES string of the molecule is Cc1cccc(/C=C2\Oc3c(CN4CCCCC4)c(O)cc(C)c3C2=O)c1. The van der Waals surface area contributed by atoms with Gasteiger partial charge in [0.2, 0.25) is 5.78 Å². The average Bonchev–Trinajstić information content (AvgIpc) is 2.96. The molecule has 2 aliphatic heterocycles. The molecule has 0 aliphatic carbocycles. The van der Waals surface area contributed by atoms with E-state index in [0.717, 1.165) is 35.3 Å². The van der Waals surface area contributed by atoms with Gasteiger partial charge in [-0.05, 0) is 63.0 Å². The van der Waals surface area contributed by atoms with Crippen LogP contribution in [0.15, 0.2) is 36.1 Å². The number of aryl methyl sites for hydroxylation is 2. The standard InChI is InChI=1S/C23H25NO3/c1-15-7-6-8-17(11-15)13-20-22(26)21-16(2)12-19(25)18(23(21)27-20)14-24-9-4-3-5-10-24/h6-8,11-13,25H,3-5,9-10,14H2,1-2H3/b20-13-. The number of carbonyl (C=O) groups excluding carboxylic acids is 1. The molecule has 4 heteroatoms. The quantitative estimate of drug-likeness (QED) is 0.809. The molecule has 2 aliphatic rings. The van der Waals surface area contributed by atoms with Crippen LogP contribution in [0.1, 0.15) is 51.9 Å². The second kappa shape index (κ2) is 7.20. The van der Waals surface area contributed by atoms with Gasteiger partial charge in [0, 0.05) is 6.54 Å². The molecule has 0 atom stereocenters. The van der Waals surface area contributed by atoms with Gasteiger partial charge in [-0.3, -0.25) is 9.69 Å². The fourth-order valence-electron chi connectivity index (χ4n) is 3.99. The van der Waals surface area contributed by atoms with Crippen molar-refractivity contribution in [1.82, 2.24) is 4.90 Å². The molecule has 0 saturated carbocycles. The van der Waals surface area contributed by atoms with Gasteiger partial charge >= 0.3 is 0 Å². The summed E-state index contributed by atoms with van der Waals surface area (Å²) in [6.45, 7) is 6.51. The van der Waals surface area contributed by atoms with Crippen LogP contribution in [0.2, 0.25) is 0 Å². The summed E-state index contributed by atoms with van der Waals surface area (Å²) in [4.78, 5) is 15.3. The van der Waals surface area contributed by atoms with E-state index in [9.17, 15) is 9.90 Å². The van der Waals surface area contributed by atoms with Crippen molar-refractivity contribution in [2.75, 3.05) is 13.1 Å². The van der Waals surface area contributed by atoms with Crippen molar-refractivity contribution in [1.29, 1.82) is 0 Å². The highest BCUT2D eigenvalue weighted by Gasteiger charge is 2.33. The Kier molecular flexibility index (Phi) is 4.75. The first-order chi connectivity index (χ1) is 13.0. The minimum Gasteiger partial charge on any atom is -0.507 e. The van der Waals surface area contributed by atoms with E-state index in [1.54, 1.807) is 12.1 Å². The summed E-state index contributed by atoms with van der Waals surface area (Å²) in [5.74, 6) is 0.955. The van der Waals surface area contributed by atoms with E-state index in [2.05, 4.69) is 4.90 Å². The van der Waals surface area contributed by atoms with Crippen LogP contribution in [-0.2, 0) is 6.54 Å². The number of hydrogen-bond donors (Lipinski definition) is 1. The lowest BCUT2D eigenvalue weighted by atomic mass is 9.98. The number of fused-ring (bicyclic) bond motifs is 1. The molecule has 2 aromatic carbocycles. The zero-order chi connectivity index (χ0) is 19.0. The molecule has 4 nitrogen and oxygen atoms in total. The van der Waals surface area contributed by atoms with Gasteiger partial charge in [0.15, 0.2) is 5.76 Å². The summed E-state index contributed by atoms with van der Waals surface area (Å²) in [5, 5.41) is 10.5. The van der Waals surface area contributed by atoms with Crippen LogP contribution < -0.4 is 4.74 Å². The Bertz CT molecular complexity index is 923.